The number of hydrogen-bond acceptors (Lipinski definition) is 5. The first kappa shape index (κ1) is 12.4. The highest BCUT2D eigenvalue weighted by atomic mass is 32.2. The van der Waals surface area contributed by atoms with Crippen molar-refractivity contribution >= 4 is 9.84 Å². The van der Waals surface area contributed by atoms with Crippen molar-refractivity contribution in [3.8, 4) is 0 Å². The molecule has 0 amide bonds. The molecule has 94 valence electrons. The van der Waals surface area contributed by atoms with Crippen LogP contribution in [0.15, 0.2) is 0 Å². The summed E-state index contributed by atoms with van der Waals surface area (Å²) in [6.45, 7) is 5.20. The van der Waals surface area contributed by atoms with Gasteiger partial charge < -0.3 is 5.32 Å². The summed E-state index contributed by atoms with van der Waals surface area (Å²) in [5.74, 6) is 0.422. The molecule has 1 atom stereocenters. The molecule has 1 aliphatic heterocycles. The number of nitrogens with one attached hydrogen (secondary N) is 1. The molecule has 2 heterocycles. The second-order valence-corrected chi connectivity index (χ2v) is 6.86. The lowest BCUT2D eigenvalue weighted by atomic mass is 10.1. The van der Waals surface area contributed by atoms with Crippen molar-refractivity contribution in [3.63, 3.8) is 0 Å². The number of hydrogen-bond donors (Lipinski definition) is 1. The van der Waals surface area contributed by atoms with E-state index >= 15 is 0 Å². The van der Waals surface area contributed by atoms with Crippen LogP contribution < -0.4 is 5.32 Å². The molecule has 6 heteroatoms. The van der Waals surface area contributed by atoms with Crippen molar-refractivity contribution in [2.45, 2.75) is 32.1 Å². The fraction of sp³-hybridized carbons (Fsp3) is 0.636. The normalized spacial score (nSPS) is 17.6. The van der Waals surface area contributed by atoms with E-state index in [2.05, 4.69) is 15.3 Å². The molecule has 0 saturated heterocycles. The fourth-order valence-corrected chi connectivity index (χ4v) is 2.40. The molecule has 5 nitrogen and oxygen atoms in total. The fourth-order valence-electron chi connectivity index (χ4n) is 1.91. The number of sulfone groups is 1. The first-order valence-corrected chi connectivity index (χ1v) is 7.61. The van der Waals surface area contributed by atoms with Crippen molar-refractivity contribution in [1.29, 1.82) is 0 Å². The highest BCUT2D eigenvalue weighted by Crippen LogP contribution is 2.21. The third kappa shape index (κ3) is 2.47. The summed E-state index contributed by atoms with van der Waals surface area (Å²) < 4.78 is 23.0. The van der Waals surface area contributed by atoms with Crippen LogP contribution in [0.2, 0.25) is 0 Å². The molecule has 1 aliphatic rings. The van der Waals surface area contributed by atoms with Crippen LogP contribution in [0.1, 0.15) is 34.9 Å². The van der Waals surface area contributed by atoms with Gasteiger partial charge in [-0.15, -0.1) is 0 Å². The number of rotatable bonds is 2. The molecule has 1 aromatic rings. The smallest absolute Gasteiger partial charge is 0.157 e. The van der Waals surface area contributed by atoms with Crippen LogP contribution in [-0.2, 0) is 22.8 Å². The molecule has 0 saturated carbocycles. The van der Waals surface area contributed by atoms with Gasteiger partial charge in [-0.05, 0) is 13.8 Å². The molecule has 0 spiro atoms. The topological polar surface area (TPSA) is 72.0 Å². The van der Waals surface area contributed by atoms with Crippen LogP contribution in [0.5, 0.6) is 0 Å². The number of fused-ring (bicyclic) bond motifs is 1. The molecule has 1 unspecified atom stereocenters. The Hall–Kier alpha value is -1.01. The third-order valence-corrected chi connectivity index (χ3v) is 4.66. The maximum atomic E-state index is 11.5. The predicted molar refractivity (Wildman–Crippen MR) is 65.4 cm³/mol. The van der Waals surface area contributed by atoms with Crippen molar-refractivity contribution in [2.24, 2.45) is 0 Å². The molecule has 2 rings (SSSR count). The molecule has 0 bridgehead atoms. The minimum absolute atomic E-state index is 0.422. The lowest BCUT2D eigenvalue weighted by Crippen LogP contribution is -2.27. The molecule has 17 heavy (non-hydrogen) atoms. The van der Waals surface area contributed by atoms with E-state index in [4.69, 9.17) is 0 Å². The van der Waals surface area contributed by atoms with Gasteiger partial charge in [0.05, 0.1) is 5.69 Å². The molecule has 0 radical (unpaired) electrons. The summed E-state index contributed by atoms with van der Waals surface area (Å²) in [6.07, 6.45) is 2.06. The summed E-state index contributed by atoms with van der Waals surface area (Å²) in [5.41, 5.74) is 2.98. The highest BCUT2D eigenvalue weighted by Gasteiger charge is 2.23. The SMILES string of the molecule is Cc1nc(C(C)S(C)(=O)=O)nc2c1CNCC2. The molecule has 0 fully saturated rings. The zero-order chi connectivity index (χ0) is 12.6. The first-order valence-electron chi connectivity index (χ1n) is 5.65. The predicted octanol–water partition coefficient (Wildman–Crippen LogP) is 0.536. The molecule has 1 aromatic heterocycles. The summed E-state index contributed by atoms with van der Waals surface area (Å²) in [5, 5.41) is 2.62. The Morgan fingerprint density at radius 2 is 2.06 bits per heavy atom. The lowest BCUT2D eigenvalue weighted by molar-refractivity contribution is 0.584. The van der Waals surface area contributed by atoms with Crippen LogP contribution in [0.4, 0.5) is 0 Å². The Morgan fingerprint density at radius 3 is 2.71 bits per heavy atom. The largest absolute Gasteiger partial charge is 0.312 e. The highest BCUT2D eigenvalue weighted by molar-refractivity contribution is 7.90. The van der Waals surface area contributed by atoms with Gasteiger partial charge in [0.2, 0.25) is 0 Å². The molecule has 0 aliphatic carbocycles. The summed E-state index contributed by atoms with van der Waals surface area (Å²) in [7, 11) is -3.14. The van der Waals surface area contributed by atoms with Crippen molar-refractivity contribution in [1.82, 2.24) is 15.3 Å². The summed E-state index contributed by atoms with van der Waals surface area (Å²) in [6, 6.07) is 0. The van der Waals surface area contributed by atoms with Crippen molar-refractivity contribution in [2.75, 3.05) is 12.8 Å². The van der Waals surface area contributed by atoms with Gasteiger partial charge in [-0.2, -0.15) is 0 Å². The molecule has 0 aromatic carbocycles. The van der Waals surface area contributed by atoms with Crippen LogP contribution >= 0.6 is 0 Å². The zero-order valence-electron chi connectivity index (χ0n) is 10.3. The Labute approximate surface area is 102 Å². The Bertz CT molecular complexity index is 540. The average Bonchev–Trinajstić information content (AvgIpc) is 2.27. The van der Waals surface area contributed by atoms with Gasteiger partial charge in [-0.3, -0.25) is 0 Å². The van der Waals surface area contributed by atoms with Gasteiger partial charge in [0.1, 0.15) is 11.1 Å². The molecular formula is C11H17N3O2S. The Balaban J connectivity index is 2.48. The minimum Gasteiger partial charge on any atom is -0.312 e. The van der Waals surface area contributed by atoms with E-state index in [0.29, 0.717) is 5.82 Å². The monoisotopic (exact) mass is 255 g/mol. The maximum Gasteiger partial charge on any atom is 0.157 e. The van der Waals surface area contributed by atoms with Gasteiger partial charge in [0.15, 0.2) is 9.84 Å². The van der Waals surface area contributed by atoms with E-state index in [-0.39, 0.29) is 0 Å². The second-order valence-electron chi connectivity index (χ2n) is 4.49. The maximum absolute atomic E-state index is 11.5. The quantitative estimate of drug-likeness (QED) is 0.835. The zero-order valence-corrected chi connectivity index (χ0v) is 11.1. The van der Waals surface area contributed by atoms with Crippen molar-refractivity contribution < 1.29 is 8.42 Å². The van der Waals surface area contributed by atoms with E-state index in [9.17, 15) is 8.42 Å². The van der Waals surface area contributed by atoms with Crippen LogP contribution in [-0.4, -0.2) is 31.2 Å². The number of aryl methyl sites for hydroxylation is 1. The van der Waals surface area contributed by atoms with Gasteiger partial charge >= 0.3 is 0 Å². The summed E-state index contributed by atoms with van der Waals surface area (Å²) in [4.78, 5) is 8.73. The van der Waals surface area contributed by atoms with Crippen LogP contribution in [0.3, 0.4) is 0 Å². The van der Waals surface area contributed by atoms with Gasteiger partial charge in [0, 0.05) is 37.0 Å². The van der Waals surface area contributed by atoms with Gasteiger partial charge in [-0.25, -0.2) is 18.4 Å². The summed E-state index contributed by atoms with van der Waals surface area (Å²) >= 11 is 0. The molecular weight excluding hydrogens is 238 g/mol. The average molecular weight is 255 g/mol. The number of aromatic nitrogens is 2. The van der Waals surface area contributed by atoms with Crippen molar-refractivity contribution in [3.05, 3.63) is 22.8 Å². The Morgan fingerprint density at radius 1 is 1.35 bits per heavy atom. The number of nitrogens with zero attached hydrogens (tertiary/aromatic N) is 2. The van der Waals surface area contributed by atoms with Crippen LogP contribution in [0.25, 0.3) is 0 Å². The van der Waals surface area contributed by atoms with E-state index in [1.165, 1.54) is 6.26 Å². The lowest BCUT2D eigenvalue weighted by Gasteiger charge is -2.20. The second kappa shape index (κ2) is 4.34. The first-order chi connectivity index (χ1) is 7.89. The molecule has 1 N–H and O–H groups in total. The Kier molecular flexibility index (Phi) is 3.18. The van der Waals surface area contributed by atoms with E-state index < -0.39 is 15.1 Å². The van der Waals surface area contributed by atoms with Gasteiger partial charge in [0.25, 0.3) is 0 Å². The van der Waals surface area contributed by atoms with E-state index in [1.807, 2.05) is 6.92 Å². The van der Waals surface area contributed by atoms with Crippen LogP contribution in [0, 0.1) is 6.92 Å². The third-order valence-electron chi connectivity index (χ3n) is 3.16. The standard InChI is InChI=1S/C11H17N3O2S/c1-7-9-6-12-5-4-10(9)14-11(13-7)8(2)17(3,15)16/h8,12H,4-6H2,1-3H3. The minimum atomic E-state index is -3.14. The van der Waals surface area contributed by atoms with E-state index in [0.717, 1.165) is 36.5 Å². The van der Waals surface area contributed by atoms with Gasteiger partial charge in [-0.1, -0.05) is 0 Å². The van der Waals surface area contributed by atoms with E-state index in [1.54, 1.807) is 6.92 Å².